The summed E-state index contributed by atoms with van der Waals surface area (Å²) in [7, 11) is 3.02. The normalized spacial score (nSPS) is 10.0. The molecule has 0 saturated heterocycles. The minimum atomic E-state index is -0.435. The molecule has 0 spiro atoms. The predicted octanol–water partition coefficient (Wildman–Crippen LogP) is 2.26. The quantitative estimate of drug-likeness (QED) is 0.588. The number of rotatable bonds is 8. The van der Waals surface area contributed by atoms with Gasteiger partial charge in [-0.05, 0) is 18.2 Å². The summed E-state index contributed by atoms with van der Waals surface area (Å²) in [6.45, 7) is 0.521. The predicted molar refractivity (Wildman–Crippen MR) is 78.7 cm³/mol. The Balaban J connectivity index is 2.36. The second-order valence-corrected chi connectivity index (χ2v) is 4.52. The van der Waals surface area contributed by atoms with Crippen molar-refractivity contribution < 1.29 is 23.8 Å². The standard InChI is InChI=1S/C14H18ClNO5/c1-19-7-8-21-14(18)6-5-13(17)16-10-3-4-12(20-2)11(15)9-10/h3-4,9H,5-8H2,1-2H3,(H,16,17). The van der Waals surface area contributed by atoms with Crippen molar-refractivity contribution in [3.8, 4) is 5.75 Å². The molecule has 0 unspecified atom stereocenters. The second kappa shape index (κ2) is 9.20. The summed E-state index contributed by atoms with van der Waals surface area (Å²) in [5.74, 6) is -0.203. The Kier molecular flexibility index (Phi) is 7.56. The van der Waals surface area contributed by atoms with E-state index in [4.69, 9.17) is 25.8 Å². The highest BCUT2D eigenvalue weighted by Gasteiger charge is 2.09. The van der Waals surface area contributed by atoms with Gasteiger partial charge in [-0.25, -0.2) is 0 Å². The molecule has 0 aliphatic heterocycles. The van der Waals surface area contributed by atoms with Crippen molar-refractivity contribution in [1.82, 2.24) is 0 Å². The van der Waals surface area contributed by atoms with Crippen LogP contribution >= 0.6 is 11.6 Å². The molecule has 1 aromatic rings. The maximum Gasteiger partial charge on any atom is 0.306 e. The molecule has 0 heterocycles. The molecule has 1 aromatic carbocycles. The van der Waals surface area contributed by atoms with Gasteiger partial charge in [-0.15, -0.1) is 0 Å². The van der Waals surface area contributed by atoms with E-state index in [1.165, 1.54) is 14.2 Å². The molecular formula is C14H18ClNO5. The largest absolute Gasteiger partial charge is 0.495 e. The Morgan fingerprint density at radius 3 is 2.57 bits per heavy atom. The molecule has 6 nitrogen and oxygen atoms in total. The van der Waals surface area contributed by atoms with Crippen LogP contribution in [-0.4, -0.2) is 39.3 Å². The number of anilines is 1. The number of hydrogen-bond donors (Lipinski definition) is 1. The van der Waals surface area contributed by atoms with Crippen molar-refractivity contribution in [1.29, 1.82) is 0 Å². The van der Waals surface area contributed by atoms with Crippen LogP contribution < -0.4 is 10.1 Å². The molecular weight excluding hydrogens is 298 g/mol. The highest BCUT2D eigenvalue weighted by Crippen LogP contribution is 2.27. The summed E-state index contributed by atoms with van der Waals surface area (Å²) < 4.78 is 14.6. The van der Waals surface area contributed by atoms with E-state index in [-0.39, 0.29) is 25.4 Å². The monoisotopic (exact) mass is 315 g/mol. The van der Waals surface area contributed by atoms with Crippen LogP contribution in [0.15, 0.2) is 18.2 Å². The van der Waals surface area contributed by atoms with Gasteiger partial charge in [0.1, 0.15) is 12.4 Å². The van der Waals surface area contributed by atoms with Crippen molar-refractivity contribution in [2.75, 3.05) is 32.8 Å². The Morgan fingerprint density at radius 1 is 1.19 bits per heavy atom. The van der Waals surface area contributed by atoms with Crippen molar-refractivity contribution in [2.24, 2.45) is 0 Å². The number of esters is 1. The molecule has 0 atom stereocenters. The summed E-state index contributed by atoms with van der Waals surface area (Å²) >= 11 is 5.95. The van der Waals surface area contributed by atoms with Gasteiger partial charge in [-0.1, -0.05) is 11.6 Å². The van der Waals surface area contributed by atoms with Crippen molar-refractivity contribution >= 4 is 29.2 Å². The van der Waals surface area contributed by atoms with E-state index < -0.39 is 5.97 Å². The highest BCUT2D eigenvalue weighted by atomic mass is 35.5. The number of ether oxygens (including phenoxy) is 3. The van der Waals surface area contributed by atoms with Crippen LogP contribution in [0.1, 0.15) is 12.8 Å². The van der Waals surface area contributed by atoms with E-state index >= 15 is 0 Å². The van der Waals surface area contributed by atoms with Crippen LogP contribution in [0.2, 0.25) is 5.02 Å². The zero-order valence-electron chi connectivity index (χ0n) is 12.0. The summed E-state index contributed by atoms with van der Waals surface area (Å²) in [6.07, 6.45) is 0.0505. The Labute approximate surface area is 128 Å². The third kappa shape index (κ3) is 6.46. The van der Waals surface area contributed by atoms with Crippen molar-refractivity contribution in [3.63, 3.8) is 0 Å². The van der Waals surface area contributed by atoms with E-state index in [1.54, 1.807) is 18.2 Å². The number of halogens is 1. The maximum atomic E-state index is 11.7. The van der Waals surface area contributed by atoms with Gasteiger partial charge in [0.2, 0.25) is 5.91 Å². The number of carbonyl (C=O) groups is 2. The summed E-state index contributed by atoms with van der Waals surface area (Å²) in [5.41, 5.74) is 0.540. The zero-order chi connectivity index (χ0) is 15.7. The molecule has 0 radical (unpaired) electrons. The summed E-state index contributed by atoms with van der Waals surface area (Å²) in [6, 6.07) is 4.89. The Hall–Kier alpha value is -1.79. The first-order chi connectivity index (χ1) is 10.1. The molecule has 0 fully saturated rings. The minimum absolute atomic E-state index is 0.0133. The minimum Gasteiger partial charge on any atom is -0.495 e. The summed E-state index contributed by atoms with van der Waals surface area (Å²) in [4.78, 5) is 23.0. The Morgan fingerprint density at radius 2 is 1.95 bits per heavy atom. The van der Waals surface area contributed by atoms with Crippen LogP contribution in [0, 0.1) is 0 Å². The van der Waals surface area contributed by atoms with Gasteiger partial charge < -0.3 is 19.5 Å². The van der Waals surface area contributed by atoms with E-state index in [1.807, 2.05) is 0 Å². The average molecular weight is 316 g/mol. The van der Waals surface area contributed by atoms with Crippen LogP contribution in [0.25, 0.3) is 0 Å². The fraction of sp³-hybridized carbons (Fsp3) is 0.429. The number of benzene rings is 1. The fourth-order valence-corrected chi connectivity index (χ4v) is 1.75. The average Bonchev–Trinajstić information content (AvgIpc) is 2.46. The third-order valence-corrected chi connectivity index (χ3v) is 2.84. The molecule has 0 aliphatic rings. The van der Waals surface area contributed by atoms with E-state index in [0.29, 0.717) is 23.1 Å². The molecule has 1 N–H and O–H groups in total. The lowest BCUT2D eigenvalue weighted by Crippen LogP contribution is -2.15. The van der Waals surface area contributed by atoms with Crippen LogP contribution in [-0.2, 0) is 19.1 Å². The molecule has 1 rings (SSSR count). The molecule has 0 aliphatic carbocycles. The van der Waals surface area contributed by atoms with E-state index in [2.05, 4.69) is 5.32 Å². The molecule has 1 amide bonds. The van der Waals surface area contributed by atoms with Gasteiger partial charge in [0, 0.05) is 19.2 Å². The van der Waals surface area contributed by atoms with Crippen LogP contribution in [0.4, 0.5) is 5.69 Å². The number of methoxy groups -OCH3 is 2. The number of hydrogen-bond acceptors (Lipinski definition) is 5. The lowest BCUT2D eigenvalue weighted by atomic mass is 10.2. The topological polar surface area (TPSA) is 73.9 Å². The molecule has 0 bridgehead atoms. The molecule has 7 heteroatoms. The SMILES string of the molecule is COCCOC(=O)CCC(=O)Nc1ccc(OC)c(Cl)c1. The first-order valence-electron chi connectivity index (χ1n) is 6.34. The number of carbonyl (C=O) groups excluding carboxylic acids is 2. The molecule has 0 saturated carbocycles. The smallest absolute Gasteiger partial charge is 0.306 e. The second-order valence-electron chi connectivity index (χ2n) is 4.11. The zero-order valence-corrected chi connectivity index (χ0v) is 12.7. The lowest BCUT2D eigenvalue weighted by molar-refractivity contribution is -0.145. The van der Waals surface area contributed by atoms with E-state index in [9.17, 15) is 9.59 Å². The summed E-state index contributed by atoms with van der Waals surface area (Å²) in [5, 5.41) is 3.04. The van der Waals surface area contributed by atoms with Crippen molar-refractivity contribution in [2.45, 2.75) is 12.8 Å². The van der Waals surface area contributed by atoms with E-state index in [0.717, 1.165) is 0 Å². The van der Waals surface area contributed by atoms with Gasteiger partial charge in [0.15, 0.2) is 0 Å². The number of nitrogens with one attached hydrogen (secondary N) is 1. The van der Waals surface area contributed by atoms with Gasteiger partial charge in [-0.3, -0.25) is 9.59 Å². The molecule has 116 valence electrons. The van der Waals surface area contributed by atoms with Crippen molar-refractivity contribution in [3.05, 3.63) is 23.2 Å². The van der Waals surface area contributed by atoms with Crippen LogP contribution in [0.5, 0.6) is 5.75 Å². The molecule has 0 aromatic heterocycles. The maximum absolute atomic E-state index is 11.7. The van der Waals surface area contributed by atoms with Gasteiger partial charge in [0.05, 0.1) is 25.2 Å². The fourth-order valence-electron chi connectivity index (χ4n) is 1.49. The van der Waals surface area contributed by atoms with Crippen LogP contribution in [0.3, 0.4) is 0 Å². The highest BCUT2D eigenvalue weighted by molar-refractivity contribution is 6.32. The first kappa shape index (κ1) is 17.3. The molecule has 21 heavy (non-hydrogen) atoms. The van der Waals surface area contributed by atoms with Gasteiger partial charge in [-0.2, -0.15) is 0 Å². The van der Waals surface area contributed by atoms with Gasteiger partial charge in [0.25, 0.3) is 0 Å². The first-order valence-corrected chi connectivity index (χ1v) is 6.72. The van der Waals surface area contributed by atoms with Gasteiger partial charge >= 0.3 is 5.97 Å². The number of amides is 1. The lowest BCUT2D eigenvalue weighted by Gasteiger charge is -2.08. The third-order valence-electron chi connectivity index (χ3n) is 2.54. The Bertz CT molecular complexity index is 492.